The van der Waals surface area contributed by atoms with Gasteiger partial charge < -0.3 is 14.8 Å². The number of rotatable bonds is 7. The Kier molecular flexibility index (Phi) is 6.99. The third-order valence-electron chi connectivity index (χ3n) is 4.46. The van der Waals surface area contributed by atoms with Gasteiger partial charge in [0, 0.05) is 5.69 Å². The fourth-order valence-electron chi connectivity index (χ4n) is 2.86. The van der Waals surface area contributed by atoms with Crippen LogP contribution < -0.4 is 15.6 Å². The number of amides is 1. The van der Waals surface area contributed by atoms with E-state index in [1.807, 2.05) is 32.0 Å². The zero-order valence-corrected chi connectivity index (χ0v) is 17.8. The van der Waals surface area contributed by atoms with Gasteiger partial charge in [-0.3, -0.25) is 9.59 Å². The molecule has 32 heavy (non-hydrogen) atoms. The predicted molar refractivity (Wildman–Crippen MR) is 116 cm³/mol. The first-order chi connectivity index (χ1) is 15.3. The number of aryl methyl sites for hydroxylation is 2. The molecule has 1 N–H and O–H groups in total. The topological polar surface area (TPSA) is 99.5 Å². The third-order valence-corrected chi connectivity index (χ3v) is 4.46. The second kappa shape index (κ2) is 9.86. The first-order valence-electron chi connectivity index (χ1n) is 9.86. The van der Waals surface area contributed by atoms with E-state index in [4.69, 9.17) is 9.47 Å². The number of halogens is 1. The maximum atomic E-state index is 13.2. The van der Waals surface area contributed by atoms with E-state index in [0.717, 1.165) is 34.0 Å². The molecule has 0 unspecified atom stereocenters. The molecule has 166 valence electrons. The van der Waals surface area contributed by atoms with Crippen LogP contribution in [0.15, 0.2) is 53.3 Å². The lowest BCUT2D eigenvalue weighted by Gasteiger charge is -2.13. The zero-order valence-electron chi connectivity index (χ0n) is 17.8. The Labute approximate surface area is 183 Å². The summed E-state index contributed by atoms with van der Waals surface area (Å²) in [4.78, 5) is 37.3. The molecule has 0 fully saturated rings. The summed E-state index contributed by atoms with van der Waals surface area (Å²) in [5, 5.41) is 6.76. The number of benzene rings is 2. The lowest BCUT2D eigenvalue weighted by atomic mass is 10.1. The summed E-state index contributed by atoms with van der Waals surface area (Å²) in [6.45, 7) is 4.99. The molecule has 0 aliphatic heterocycles. The van der Waals surface area contributed by atoms with Crippen molar-refractivity contribution in [3.63, 3.8) is 0 Å². The maximum absolute atomic E-state index is 13.2. The van der Waals surface area contributed by atoms with Gasteiger partial charge in [0.1, 0.15) is 5.82 Å². The highest BCUT2D eigenvalue weighted by molar-refractivity contribution is 5.93. The predicted octanol–water partition coefficient (Wildman–Crippen LogP) is 3.18. The van der Waals surface area contributed by atoms with Gasteiger partial charge in [0.2, 0.25) is 5.69 Å². The fraction of sp³-hybridized carbons (Fsp3) is 0.217. The van der Waals surface area contributed by atoms with Crippen LogP contribution in [-0.4, -0.2) is 34.9 Å². The van der Waals surface area contributed by atoms with Crippen LogP contribution in [-0.2, 0) is 9.53 Å². The van der Waals surface area contributed by atoms with Crippen molar-refractivity contribution in [3.8, 4) is 11.4 Å². The fourth-order valence-corrected chi connectivity index (χ4v) is 2.86. The van der Waals surface area contributed by atoms with Crippen molar-refractivity contribution in [1.29, 1.82) is 0 Å². The molecule has 0 saturated heterocycles. The van der Waals surface area contributed by atoms with Gasteiger partial charge in [0.05, 0.1) is 18.4 Å². The number of ether oxygens (including phenoxy) is 2. The van der Waals surface area contributed by atoms with Crippen LogP contribution >= 0.6 is 0 Å². The van der Waals surface area contributed by atoms with E-state index < -0.39 is 29.9 Å². The van der Waals surface area contributed by atoms with Crippen LogP contribution in [0.2, 0.25) is 0 Å². The molecular weight excluding hydrogens is 417 g/mol. The zero-order chi connectivity index (χ0) is 23.3. The number of anilines is 1. The Hall–Kier alpha value is -4.01. The minimum absolute atomic E-state index is 0.0722. The molecular formula is C23H22FN3O5. The first kappa shape index (κ1) is 22.7. The van der Waals surface area contributed by atoms with Gasteiger partial charge in [-0.15, -0.1) is 0 Å². The highest BCUT2D eigenvalue weighted by atomic mass is 19.1. The SMILES string of the molecule is CCOC(=O)c1nn(-c2ccc(F)cc2)c(=O)cc1OCC(=O)Nc1cc(C)ccc1C. The van der Waals surface area contributed by atoms with Crippen molar-refractivity contribution < 1.29 is 23.5 Å². The summed E-state index contributed by atoms with van der Waals surface area (Å²) in [6, 6.07) is 11.7. The van der Waals surface area contributed by atoms with Crippen molar-refractivity contribution in [2.24, 2.45) is 0 Å². The molecule has 2 aromatic carbocycles. The van der Waals surface area contributed by atoms with Crippen molar-refractivity contribution in [2.75, 3.05) is 18.5 Å². The van der Waals surface area contributed by atoms with E-state index in [9.17, 15) is 18.8 Å². The van der Waals surface area contributed by atoms with Crippen LogP contribution in [0.25, 0.3) is 5.69 Å². The van der Waals surface area contributed by atoms with Crippen LogP contribution in [0.3, 0.4) is 0 Å². The number of esters is 1. The maximum Gasteiger partial charge on any atom is 0.362 e. The number of nitrogens with one attached hydrogen (secondary N) is 1. The van der Waals surface area contributed by atoms with Gasteiger partial charge in [-0.2, -0.15) is 9.78 Å². The summed E-state index contributed by atoms with van der Waals surface area (Å²) in [5.41, 5.74) is 1.82. The Morgan fingerprint density at radius 3 is 2.50 bits per heavy atom. The van der Waals surface area contributed by atoms with Gasteiger partial charge in [-0.05, 0) is 62.2 Å². The molecule has 0 aliphatic carbocycles. The van der Waals surface area contributed by atoms with Gasteiger partial charge in [-0.1, -0.05) is 12.1 Å². The molecule has 8 nitrogen and oxygen atoms in total. The van der Waals surface area contributed by atoms with Crippen molar-refractivity contribution in [1.82, 2.24) is 9.78 Å². The smallest absolute Gasteiger partial charge is 0.362 e. The molecule has 3 aromatic rings. The monoisotopic (exact) mass is 439 g/mol. The molecule has 9 heteroatoms. The Morgan fingerprint density at radius 1 is 1.09 bits per heavy atom. The van der Waals surface area contributed by atoms with E-state index in [2.05, 4.69) is 10.4 Å². The van der Waals surface area contributed by atoms with Gasteiger partial charge in [0.25, 0.3) is 11.5 Å². The number of hydrogen-bond donors (Lipinski definition) is 1. The molecule has 1 amide bonds. The molecule has 0 spiro atoms. The number of carbonyl (C=O) groups excluding carboxylic acids is 2. The second-order valence-electron chi connectivity index (χ2n) is 6.96. The lowest BCUT2D eigenvalue weighted by Crippen LogP contribution is -2.27. The highest BCUT2D eigenvalue weighted by Crippen LogP contribution is 2.18. The average Bonchev–Trinajstić information content (AvgIpc) is 2.76. The van der Waals surface area contributed by atoms with E-state index in [1.54, 1.807) is 6.92 Å². The van der Waals surface area contributed by atoms with E-state index in [-0.39, 0.29) is 23.7 Å². The average molecular weight is 439 g/mol. The standard InChI is InChI=1S/C23H22FN3O5/c1-4-31-23(30)22-19(12-21(29)27(26-22)17-9-7-16(24)8-10-17)32-13-20(28)25-18-11-14(2)5-6-15(18)3/h5-12H,4,13H2,1-3H3,(H,25,28). The molecule has 3 rings (SSSR count). The quantitative estimate of drug-likeness (QED) is 0.568. The van der Waals surface area contributed by atoms with Gasteiger partial charge in [0.15, 0.2) is 12.4 Å². The van der Waals surface area contributed by atoms with Crippen LogP contribution in [0.4, 0.5) is 10.1 Å². The van der Waals surface area contributed by atoms with Gasteiger partial charge >= 0.3 is 5.97 Å². The summed E-state index contributed by atoms with van der Waals surface area (Å²) in [6.07, 6.45) is 0. The van der Waals surface area contributed by atoms with Gasteiger partial charge in [-0.25, -0.2) is 9.18 Å². The first-order valence-corrected chi connectivity index (χ1v) is 9.86. The van der Waals surface area contributed by atoms with Crippen LogP contribution in [0.1, 0.15) is 28.5 Å². The van der Waals surface area contributed by atoms with E-state index >= 15 is 0 Å². The van der Waals surface area contributed by atoms with Crippen LogP contribution in [0.5, 0.6) is 5.75 Å². The Morgan fingerprint density at radius 2 is 1.81 bits per heavy atom. The number of hydrogen-bond acceptors (Lipinski definition) is 6. The summed E-state index contributed by atoms with van der Waals surface area (Å²) < 4.78 is 24.6. The molecule has 0 aliphatic rings. The molecule has 1 heterocycles. The normalized spacial score (nSPS) is 10.5. The molecule has 0 radical (unpaired) electrons. The molecule has 1 aromatic heterocycles. The lowest BCUT2D eigenvalue weighted by molar-refractivity contribution is -0.118. The Bertz CT molecular complexity index is 1210. The second-order valence-corrected chi connectivity index (χ2v) is 6.96. The molecule has 0 bridgehead atoms. The number of nitrogens with zero attached hydrogens (tertiary/aromatic N) is 2. The van der Waals surface area contributed by atoms with E-state index in [0.29, 0.717) is 5.69 Å². The summed E-state index contributed by atoms with van der Waals surface area (Å²) in [5.74, 6) is -1.98. The third kappa shape index (κ3) is 5.37. The van der Waals surface area contributed by atoms with Crippen molar-refractivity contribution in [2.45, 2.75) is 20.8 Å². The number of aromatic nitrogens is 2. The van der Waals surface area contributed by atoms with E-state index in [1.165, 1.54) is 12.1 Å². The minimum atomic E-state index is -0.826. The van der Waals surface area contributed by atoms with Crippen molar-refractivity contribution in [3.05, 3.63) is 81.5 Å². The Balaban J connectivity index is 1.86. The molecule has 0 atom stereocenters. The summed E-state index contributed by atoms with van der Waals surface area (Å²) in [7, 11) is 0. The highest BCUT2D eigenvalue weighted by Gasteiger charge is 2.21. The summed E-state index contributed by atoms with van der Waals surface area (Å²) >= 11 is 0. The largest absolute Gasteiger partial charge is 0.481 e. The number of carbonyl (C=O) groups is 2. The van der Waals surface area contributed by atoms with Crippen molar-refractivity contribution >= 4 is 17.6 Å². The molecule has 0 saturated carbocycles. The minimum Gasteiger partial charge on any atom is -0.481 e. The van der Waals surface area contributed by atoms with Crippen LogP contribution in [0, 0.1) is 19.7 Å².